The lowest BCUT2D eigenvalue weighted by Crippen LogP contribution is -2.24. The van der Waals surface area contributed by atoms with Crippen molar-refractivity contribution in [1.29, 1.82) is 0 Å². The van der Waals surface area contributed by atoms with E-state index in [1.165, 1.54) is 17.3 Å². The predicted molar refractivity (Wildman–Crippen MR) is 91.2 cm³/mol. The molecule has 0 aliphatic rings. The van der Waals surface area contributed by atoms with E-state index in [1.807, 2.05) is 49.6 Å². The molecule has 0 N–H and O–H groups in total. The van der Waals surface area contributed by atoms with E-state index in [0.717, 1.165) is 18.7 Å². The Hall–Kier alpha value is -2.39. The Labute approximate surface area is 136 Å². The van der Waals surface area contributed by atoms with Crippen molar-refractivity contribution in [3.63, 3.8) is 0 Å². The molecular weight excluding hydrogens is 287 g/mol. The molecule has 23 heavy (non-hydrogen) atoms. The molecule has 0 bridgehead atoms. The van der Waals surface area contributed by atoms with E-state index in [1.54, 1.807) is 6.07 Å². The molecule has 3 rings (SSSR count). The van der Waals surface area contributed by atoms with Gasteiger partial charge in [-0.15, -0.1) is 0 Å². The lowest BCUT2D eigenvalue weighted by molar-refractivity contribution is 0.239. The molecule has 0 fully saturated rings. The fourth-order valence-electron chi connectivity index (χ4n) is 2.77. The number of rotatable bonds is 6. The highest BCUT2D eigenvalue weighted by Gasteiger charge is 2.12. The molecular formula is C20H21FN2. The van der Waals surface area contributed by atoms with Crippen LogP contribution in [0.15, 0.2) is 72.9 Å². The second kappa shape index (κ2) is 7.25. The summed E-state index contributed by atoms with van der Waals surface area (Å²) < 4.78 is 16.1. The van der Waals surface area contributed by atoms with Crippen molar-refractivity contribution in [3.8, 4) is 0 Å². The first-order valence-electron chi connectivity index (χ1n) is 7.82. The average Bonchev–Trinajstić information content (AvgIpc) is 2.96. The van der Waals surface area contributed by atoms with Gasteiger partial charge in [-0.2, -0.15) is 0 Å². The Morgan fingerprint density at radius 2 is 1.57 bits per heavy atom. The SMILES string of the molecule is Cn1cccc1CN(Cc1ccccc1)Cc1ccccc1F. The summed E-state index contributed by atoms with van der Waals surface area (Å²) in [6, 6.07) is 21.5. The summed E-state index contributed by atoms with van der Waals surface area (Å²) in [7, 11) is 2.04. The number of nitrogens with zero attached hydrogens (tertiary/aromatic N) is 2. The first-order valence-corrected chi connectivity index (χ1v) is 7.82. The molecule has 0 saturated carbocycles. The molecule has 118 valence electrons. The molecule has 0 saturated heterocycles. The van der Waals surface area contributed by atoms with Crippen LogP contribution >= 0.6 is 0 Å². The van der Waals surface area contributed by atoms with Gasteiger partial charge in [0.05, 0.1) is 0 Å². The Morgan fingerprint density at radius 3 is 2.26 bits per heavy atom. The van der Waals surface area contributed by atoms with E-state index < -0.39 is 0 Å². The zero-order chi connectivity index (χ0) is 16.1. The molecule has 3 aromatic rings. The van der Waals surface area contributed by atoms with Crippen LogP contribution in [0.4, 0.5) is 4.39 Å². The Morgan fingerprint density at radius 1 is 0.826 bits per heavy atom. The molecule has 1 heterocycles. The Balaban J connectivity index is 1.81. The quantitative estimate of drug-likeness (QED) is 0.656. The number of aryl methyl sites for hydroxylation is 1. The second-order valence-corrected chi connectivity index (χ2v) is 5.83. The number of halogens is 1. The fourth-order valence-corrected chi connectivity index (χ4v) is 2.77. The van der Waals surface area contributed by atoms with Crippen molar-refractivity contribution in [2.45, 2.75) is 19.6 Å². The van der Waals surface area contributed by atoms with E-state index in [2.05, 4.69) is 27.7 Å². The van der Waals surface area contributed by atoms with Crippen molar-refractivity contribution >= 4 is 0 Å². The molecule has 1 aromatic heterocycles. The van der Waals surface area contributed by atoms with Crippen molar-refractivity contribution in [1.82, 2.24) is 9.47 Å². The van der Waals surface area contributed by atoms with Gasteiger partial charge in [-0.1, -0.05) is 48.5 Å². The molecule has 2 aromatic carbocycles. The molecule has 0 aliphatic carbocycles. The molecule has 0 atom stereocenters. The zero-order valence-electron chi connectivity index (χ0n) is 13.3. The first kappa shape index (κ1) is 15.5. The van der Waals surface area contributed by atoms with Crippen LogP contribution in [0.2, 0.25) is 0 Å². The van der Waals surface area contributed by atoms with Gasteiger partial charge in [-0.25, -0.2) is 4.39 Å². The van der Waals surface area contributed by atoms with Crippen molar-refractivity contribution in [2.75, 3.05) is 0 Å². The molecule has 0 radical (unpaired) electrons. The maximum atomic E-state index is 14.0. The number of hydrogen-bond donors (Lipinski definition) is 0. The van der Waals surface area contributed by atoms with Crippen LogP contribution in [0.5, 0.6) is 0 Å². The highest BCUT2D eigenvalue weighted by molar-refractivity contribution is 5.19. The van der Waals surface area contributed by atoms with Gasteiger partial charge in [0.2, 0.25) is 0 Å². The summed E-state index contributed by atoms with van der Waals surface area (Å²) >= 11 is 0. The molecule has 2 nitrogen and oxygen atoms in total. The fraction of sp³-hybridized carbons (Fsp3) is 0.200. The van der Waals surface area contributed by atoms with Crippen LogP contribution in [-0.4, -0.2) is 9.47 Å². The average molecular weight is 308 g/mol. The normalized spacial score (nSPS) is 11.1. The van der Waals surface area contributed by atoms with Crippen molar-refractivity contribution < 1.29 is 4.39 Å². The third-order valence-corrected chi connectivity index (χ3v) is 4.04. The molecule has 0 spiro atoms. The maximum Gasteiger partial charge on any atom is 0.127 e. The number of hydrogen-bond acceptors (Lipinski definition) is 1. The summed E-state index contributed by atoms with van der Waals surface area (Å²) in [5.74, 6) is -0.141. The van der Waals surface area contributed by atoms with Gasteiger partial charge in [0.15, 0.2) is 0 Å². The minimum atomic E-state index is -0.141. The highest BCUT2D eigenvalue weighted by atomic mass is 19.1. The second-order valence-electron chi connectivity index (χ2n) is 5.83. The van der Waals surface area contributed by atoms with Crippen LogP contribution in [0.25, 0.3) is 0 Å². The standard InChI is InChI=1S/C20H21FN2/c1-22-13-7-11-19(22)16-23(14-17-8-3-2-4-9-17)15-18-10-5-6-12-20(18)21/h2-13H,14-16H2,1H3. The van der Waals surface area contributed by atoms with Gasteiger partial charge in [-0.05, 0) is 23.8 Å². The van der Waals surface area contributed by atoms with Gasteiger partial charge < -0.3 is 4.57 Å². The van der Waals surface area contributed by atoms with Crippen molar-refractivity contribution in [2.24, 2.45) is 7.05 Å². The molecule has 0 aliphatic heterocycles. The summed E-state index contributed by atoms with van der Waals surface area (Å²) in [4.78, 5) is 2.27. The van der Waals surface area contributed by atoms with Gasteiger partial charge >= 0.3 is 0 Å². The van der Waals surface area contributed by atoms with Gasteiger partial charge in [-0.3, -0.25) is 4.90 Å². The van der Waals surface area contributed by atoms with E-state index in [4.69, 9.17) is 0 Å². The molecule has 0 unspecified atom stereocenters. The van der Waals surface area contributed by atoms with Crippen LogP contribution < -0.4 is 0 Å². The Kier molecular flexibility index (Phi) is 4.89. The number of benzene rings is 2. The Bertz CT molecular complexity index is 749. The van der Waals surface area contributed by atoms with Crippen molar-refractivity contribution in [3.05, 3.63) is 95.6 Å². The summed E-state index contributed by atoms with van der Waals surface area (Å²) in [5, 5.41) is 0. The van der Waals surface area contributed by atoms with E-state index in [9.17, 15) is 4.39 Å². The minimum Gasteiger partial charge on any atom is -0.353 e. The molecule has 0 amide bonds. The lowest BCUT2D eigenvalue weighted by Gasteiger charge is -2.23. The van der Waals surface area contributed by atoms with E-state index in [0.29, 0.717) is 6.54 Å². The zero-order valence-corrected chi connectivity index (χ0v) is 13.3. The van der Waals surface area contributed by atoms with Crippen LogP contribution in [-0.2, 0) is 26.7 Å². The van der Waals surface area contributed by atoms with Gasteiger partial charge in [0, 0.05) is 44.1 Å². The topological polar surface area (TPSA) is 8.17 Å². The smallest absolute Gasteiger partial charge is 0.127 e. The minimum absolute atomic E-state index is 0.141. The lowest BCUT2D eigenvalue weighted by atomic mass is 10.1. The first-order chi connectivity index (χ1) is 11.2. The maximum absolute atomic E-state index is 14.0. The van der Waals surface area contributed by atoms with E-state index in [-0.39, 0.29) is 5.82 Å². The third kappa shape index (κ3) is 4.08. The summed E-state index contributed by atoms with van der Waals surface area (Å²) in [6.45, 7) is 2.17. The van der Waals surface area contributed by atoms with Crippen LogP contribution in [0.1, 0.15) is 16.8 Å². The summed E-state index contributed by atoms with van der Waals surface area (Å²) in [5.41, 5.74) is 3.19. The third-order valence-electron chi connectivity index (χ3n) is 4.04. The van der Waals surface area contributed by atoms with E-state index >= 15 is 0 Å². The van der Waals surface area contributed by atoms with Crippen LogP contribution in [0.3, 0.4) is 0 Å². The van der Waals surface area contributed by atoms with Gasteiger partial charge in [0.1, 0.15) is 5.82 Å². The monoisotopic (exact) mass is 308 g/mol. The largest absolute Gasteiger partial charge is 0.353 e. The molecule has 3 heteroatoms. The van der Waals surface area contributed by atoms with Gasteiger partial charge in [0.25, 0.3) is 0 Å². The summed E-state index contributed by atoms with van der Waals surface area (Å²) in [6.07, 6.45) is 2.04. The predicted octanol–water partition coefficient (Wildman–Crippen LogP) is 4.37. The number of aromatic nitrogens is 1. The van der Waals surface area contributed by atoms with Crippen LogP contribution in [0, 0.1) is 5.82 Å². The highest BCUT2D eigenvalue weighted by Crippen LogP contribution is 2.16.